The molecule has 0 aliphatic carbocycles. The van der Waals surface area contributed by atoms with Crippen LogP contribution in [0.3, 0.4) is 0 Å². The summed E-state index contributed by atoms with van der Waals surface area (Å²) in [7, 11) is 3.46. The summed E-state index contributed by atoms with van der Waals surface area (Å²) in [6, 6.07) is 13.3. The van der Waals surface area contributed by atoms with Gasteiger partial charge in [-0.1, -0.05) is 24.3 Å². The van der Waals surface area contributed by atoms with Gasteiger partial charge in [-0.2, -0.15) is 0 Å². The van der Waals surface area contributed by atoms with Crippen LogP contribution in [0, 0.1) is 5.82 Å². The lowest BCUT2D eigenvalue weighted by molar-refractivity contribution is -0.125. The highest BCUT2D eigenvalue weighted by molar-refractivity contribution is 5.81. The Kier molecular flexibility index (Phi) is 7.41. The molecule has 1 amide bonds. The molecule has 1 unspecified atom stereocenters. The summed E-state index contributed by atoms with van der Waals surface area (Å²) in [6.45, 7) is 3.14. The van der Waals surface area contributed by atoms with Gasteiger partial charge in [-0.05, 0) is 32.2 Å². The molecule has 0 saturated heterocycles. The number of carbonyl (C=O) groups excluding carboxylic acids is 1. The van der Waals surface area contributed by atoms with Crippen molar-refractivity contribution in [1.29, 1.82) is 0 Å². The van der Waals surface area contributed by atoms with Crippen LogP contribution in [0.5, 0.6) is 11.5 Å². The third kappa shape index (κ3) is 5.74. The van der Waals surface area contributed by atoms with E-state index in [0.717, 1.165) is 11.3 Å². The van der Waals surface area contributed by atoms with E-state index < -0.39 is 0 Å². The van der Waals surface area contributed by atoms with Crippen LogP contribution in [-0.2, 0) is 11.3 Å². The summed E-state index contributed by atoms with van der Waals surface area (Å²) >= 11 is 0. The minimum absolute atomic E-state index is 0.0795. The normalized spacial score (nSPS) is 11.9. The summed E-state index contributed by atoms with van der Waals surface area (Å²) < 4.78 is 23.9. The number of methoxy groups -OCH3 is 1. The molecule has 26 heavy (non-hydrogen) atoms. The van der Waals surface area contributed by atoms with Crippen LogP contribution in [-0.4, -0.2) is 44.2 Å². The van der Waals surface area contributed by atoms with Gasteiger partial charge in [-0.25, -0.2) is 4.39 Å². The fraction of sp³-hybridized carbons (Fsp3) is 0.350. The molecule has 0 aliphatic heterocycles. The van der Waals surface area contributed by atoms with E-state index in [1.54, 1.807) is 19.2 Å². The molecule has 0 aliphatic rings. The van der Waals surface area contributed by atoms with Crippen molar-refractivity contribution in [2.75, 3.05) is 27.3 Å². The van der Waals surface area contributed by atoms with Gasteiger partial charge >= 0.3 is 0 Å². The third-order valence-electron chi connectivity index (χ3n) is 4.20. The van der Waals surface area contributed by atoms with Gasteiger partial charge in [0, 0.05) is 24.7 Å². The van der Waals surface area contributed by atoms with Crippen molar-refractivity contribution < 1.29 is 18.7 Å². The van der Waals surface area contributed by atoms with Gasteiger partial charge in [0.05, 0.1) is 13.2 Å². The van der Waals surface area contributed by atoms with Gasteiger partial charge in [0.2, 0.25) is 5.91 Å². The van der Waals surface area contributed by atoms with Crippen molar-refractivity contribution in [3.8, 4) is 11.5 Å². The van der Waals surface area contributed by atoms with Crippen LogP contribution >= 0.6 is 0 Å². The van der Waals surface area contributed by atoms with E-state index in [4.69, 9.17) is 9.47 Å². The summed E-state index contributed by atoms with van der Waals surface area (Å²) in [4.78, 5) is 14.2. The molecule has 0 heterocycles. The molecule has 0 radical (unpaired) electrons. The number of rotatable bonds is 9. The maximum absolute atomic E-state index is 13.1. The highest BCUT2D eigenvalue weighted by Gasteiger charge is 2.18. The van der Waals surface area contributed by atoms with E-state index in [-0.39, 0.29) is 17.8 Å². The number of para-hydroxylation sites is 1. The quantitative estimate of drug-likeness (QED) is 0.747. The first kappa shape index (κ1) is 19.7. The Morgan fingerprint density at radius 2 is 2.00 bits per heavy atom. The first-order chi connectivity index (χ1) is 12.5. The fourth-order valence-electron chi connectivity index (χ4n) is 2.44. The second-order valence-corrected chi connectivity index (χ2v) is 5.99. The van der Waals surface area contributed by atoms with Crippen LogP contribution in [0.25, 0.3) is 0 Å². The Balaban J connectivity index is 1.77. The smallest absolute Gasteiger partial charge is 0.237 e. The van der Waals surface area contributed by atoms with E-state index in [2.05, 4.69) is 5.32 Å². The first-order valence-electron chi connectivity index (χ1n) is 8.49. The van der Waals surface area contributed by atoms with Gasteiger partial charge < -0.3 is 14.8 Å². The third-order valence-corrected chi connectivity index (χ3v) is 4.20. The maximum atomic E-state index is 13.1. The second-order valence-electron chi connectivity index (χ2n) is 5.99. The zero-order chi connectivity index (χ0) is 18.9. The highest BCUT2D eigenvalue weighted by atomic mass is 19.1. The van der Waals surface area contributed by atoms with E-state index in [9.17, 15) is 9.18 Å². The number of hydrogen-bond donors (Lipinski definition) is 1. The van der Waals surface area contributed by atoms with Crippen molar-refractivity contribution >= 4 is 5.91 Å². The zero-order valence-corrected chi connectivity index (χ0v) is 15.4. The predicted molar refractivity (Wildman–Crippen MR) is 98.8 cm³/mol. The van der Waals surface area contributed by atoms with Crippen molar-refractivity contribution in [2.24, 2.45) is 0 Å². The van der Waals surface area contributed by atoms with Gasteiger partial charge in [-0.3, -0.25) is 9.69 Å². The molecule has 0 spiro atoms. The number of likely N-dealkylation sites (N-methyl/N-ethyl adjacent to an activating group) is 1. The molecule has 2 aromatic rings. The maximum Gasteiger partial charge on any atom is 0.237 e. The second kappa shape index (κ2) is 9.77. The topological polar surface area (TPSA) is 50.8 Å². The van der Waals surface area contributed by atoms with E-state index in [0.29, 0.717) is 25.4 Å². The highest BCUT2D eigenvalue weighted by Crippen LogP contribution is 2.16. The molecule has 1 atom stereocenters. The van der Waals surface area contributed by atoms with E-state index >= 15 is 0 Å². The number of hydrogen-bond acceptors (Lipinski definition) is 4. The Morgan fingerprint density at radius 3 is 2.73 bits per heavy atom. The molecule has 0 bridgehead atoms. The molecule has 2 aromatic carbocycles. The first-order valence-corrected chi connectivity index (χ1v) is 8.49. The van der Waals surface area contributed by atoms with Gasteiger partial charge in [0.1, 0.15) is 23.9 Å². The summed E-state index contributed by atoms with van der Waals surface area (Å²) in [5.74, 6) is 0.813. The Hall–Kier alpha value is -2.60. The Bertz CT molecular complexity index is 724. The number of carbonyl (C=O) groups is 1. The molecule has 6 heteroatoms. The molecular weight excluding hydrogens is 335 g/mol. The van der Waals surface area contributed by atoms with Crippen LogP contribution in [0.4, 0.5) is 4.39 Å². The Morgan fingerprint density at radius 1 is 1.23 bits per heavy atom. The van der Waals surface area contributed by atoms with Crippen LogP contribution in [0.15, 0.2) is 48.5 Å². The van der Waals surface area contributed by atoms with Gasteiger partial charge in [0.15, 0.2) is 0 Å². The lowest BCUT2D eigenvalue weighted by atomic mass is 10.2. The zero-order valence-electron chi connectivity index (χ0n) is 15.4. The van der Waals surface area contributed by atoms with Crippen LogP contribution in [0.2, 0.25) is 0 Å². The number of nitrogens with one attached hydrogen (secondary N) is 1. The molecular formula is C20H25FN2O3. The SMILES string of the molecule is COc1ccccc1CNC(=O)C(C)N(C)CCOc1cccc(F)c1. The monoisotopic (exact) mass is 360 g/mol. The minimum atomic E-state index is -0.333. The Labute approximate surface area is 153 Å². The number of ether oxygens (including phenoxy) is 2. The standard InChI is InChI=1S/C20H25FN2O3/c1-15(20(24)22-14-16-7-4-5-10-19(16)25-3)23(2)11-12-26-18-9-6-8-17(21)13-18/h4-10,13,15H,11-12,14H2,1-3H3,(H,22,24). The predicted octanol–water partition coefficient (Wildman–Crippen LogP) is 2.85. The largest absolute Gasteiger partial charge is 0.496 e. The van der Waals surface area contributed by atoms with Crippen molar-refractivity contribution in [1.82, 2.24) is 10.2 Å². The van der Waals surface area contributed by atoms with Crippen LogP contribution in [0.1, 0.15) is 12.5 Å². The van der Waals surface area contributed by atoms with Gasteiger partial charge in [0.25, 0.3) is 0 Å². The average molecular weight is 360 g/mol. The minimum Gasteiger partial charge on any atom is -0.496 e. The van der Waals surface area contributed by atoms with Crippen LogP contribution < -0.4 is 14.8 Å². The molecule has 2 rings (SSSR count). The van der Waals surface area contributed by atoms with E-state index in [1.165, 1.54) is 12.1 Å². The number of benzene rings is 2. The molecule has 5 nitrogen and oxygen atoms in total. The summed E-state index contributed by atoms with van der Waals surface area (Å²) in [5.41, 5.74) is 0.924. The van der Waals surface area contributed by atoms with Crippen molar-refractivity contribution in [3.63, 3.8) is 0 Å². The van der Waals surface area contributed by atoms with Crippen molar-refractivity contribution in [2.45, 2.75) is 19.5 Å². The van der Waals surface area contributed by atoms with E-state index in [1.807, 2.05) is 43.1 Å². The molecule has 140 valence electrons. The number of halogens is 1. The molecule has 1 N–H and O–H groups in total. The molecule has 0 fully saturated rings. The molecule has 0 saturated carbocycles. The summed E-state index contributed by atoms with van der Waals surface area (Å²) in [6.07, 6.45) is 0. The van der Waals surface area contributed by atoms with Gasteiger partial charge in [-0.15, -0.1) is 0 Å². The number of nitrogens with zero attached hydrogens (tertiary/aromatic N) is 1. The molecule has 0 aromatic heterocycles. The number of amides is 1. The average Bonchev–Trinajstić information content (AvgIpc) is 2.65. The summed E-state index contributed by atoms with van der Waals surface area (Å²) in [5, 5.41) is 2.92. The fourth-order valence-corrected chi connectivity index (χ4v) is 2.44. The van der Waals surface area contributed by atoms with Crippen molar-refractivity contribution in [3.05, 3.63) is 59.9 Å². The lowest BCUT2D eigenvalue weighted by Crippen LogP contribution is -2.44. The lowest BCUT2D eigenvalue weighted by Gasteiger charge is -2.24.